The Labute approximate surface area is 315 Å². The lowest BCUT2D eigenvalue weighted by atomic mass is 9.83. The zero-order chi connectivity index (χ0) is 45.0. The highest BCUT2D eigenvalue weighted by molar-refractivity contribution is 6.26. The van der Waals surface area contributed by atoms with Crippen molar-refractivity contribution in [3.05, 3.63) is 194 Å². The third-order valence-corrected chi connectivity index (χ3v) is 9.36. The van der Waals surface area contributed by atoms with Crippen LogP contribution in [-0.4, -0.2) is 0 Å². The van der Waals surface area contributed by atoms with Gasteiger partial charge in [0.2, 0.25) is 0 Å². The molecule has 1 aromatic heterocycles. The van der Waals surface area contributed by atoms with E-state index in [4.69, 9.17) is 18.1 Å². The summed E-state index contributed by atoms with van der Waals surface area (Å²) in [5.41, 5.74) is 4.05. The Bertz CT molecular complexity index is 3540. The molecule has 0 spiro atoms. The highest BCUT2D eigenvalue weighted by Crippen LogP contribution is 2.48. The number of furan rings is 1. The molecule has 51 heavy (non-hydrogen) atoms. The van der Waals surface area contributed by atoms with E-state index in [1.165, 1.54) is 0 Å². The number of hydrogen-bond donors (Lipinski definition) is 0. The molecule has 238 valence electrons. The van der Waals surface area contributed by atoms with Crippen molar-refractivity contribution >= 4 is 43.5 Å². The minimum atomic E-state index is -0.591. The van der Waals surface area contributed by atoms with Crippen molar-refractivity contribution in [3.63, 3.8) is 0 Å². The Balaban J connectivity index is 1.31. The molecule has 0 fully saturated rings. The van der Waals surface area contributed by atoms with E-state index in [9.17, 15) is 4.11 Å². The quantitative estimate of drug-likeness (QED) is 0.167. The van der Waals surface area contributed by atoms with Gasteiger partial charge in [-0.05, 0) is 101 Å². The molecule has 0 aliphatic rings. The highest BCUT2D eigenvalue weighted by Gasteiger charge is 2.21. The van der Waals surface area contributed by atoms with Gasteiger partial charge in [0, 0.05) is 10.8 Å². The third kappa shape index (κ3) is 4.86. The minimum absolute atomic E-state index is 0.0682. The molecule has 0 radical (unpaired) electrons. The molecule has 0 aliphatic heterocycles. The minimum Gasteiger partial charge on any atom is -0.456 e. The van der Waals surface area contributed by atoms with Gasteiger partial charge in [0.25, 0.3) is 0 Å². The van der Waals surface area contributed by atoms with Gasteiger partial charge in [0.1, 0.15) is 11.2 Å². The summed E-state index contributed by atoms with van der Waals surface area (Å²) in [6.07, 6.45) is 0. The van der Waals surface area contributed by atoms with Crippen LogP contribution in [0.1, 0.15) is 17.8 Å². The van der Waals surface area contributed by atoms with E-state index in [2.05, 4.69) is 0 Å². The molecule has 0 atom stereocenters. The normalized spacial score (nSPS) is 15.1. The van der Waals surface area contributed by atoms with Crippen LogP contribution in [0.25, 0.3) is 99.1 Å². The first-order chi connectivity index (χ1) is 30.7. The Kier molecular flexibility index (Phi) is 4.45. The molecule has 0 bridgehead atoms. The Morgan fingerprint density at radius 1 is 0.353 bits per heavy atom. The first-order valence-electron chi connectivity index (χ1n) is 23.0. The van der Waals surface area contributed by atoms with Crippen molar-refractivity contribution in [1.82, 2.24) is 0 Å². The van der Waals surface area contributed by atoms with E-state index in [0.717, 1.165) is 27.3 Å². The predicted molar refractivity (Wildman–Crippen MR) is 216 cm³/mol. The van der Waals surface area contributed by atoms with Gasteiger partial charge in [-0.15, -0.1) is 0 Å². The summed E-state index contributed by atoms with van der Waals surface area (Å²) in [7, 11) is 0. The summed E-state index contributed by atoms with van der Waals surface area (Å²) in [5.74, 6) is 0. The molecule has 10 aromatic rings. The number of benzene rings is 9. The molecule has 0 saturated heterocycles. The molecule has 0 amide bonds. The molecule has 1 heteroatoms. The summed E-state index contributed by atoms with van der Waals surface area (Å²) < 4.78 is 121. The monoisotopic (exact) mass is 661 g/mol. The molecule has 0 saturated carbocycles. The van der Waals surface area contributed by atoms with Crippen LogP contribution in [0.4, 0.5) is 0 Å². The van der Waals surface area contributed by atoms with Gasteiger partial charge >= 0.3 is 0 Å². The zero-order valence-electron chi connectivity index (χ0n) is 39.9. The number of hydrogen-bond acceptors (Lipinski definition) is 1. The maximum Gasteiger partial charge on any atom is 0.136 e. The van der Waals surface area contributed by atoms with E-state index in [0.29, 0.717) is 44.0 Å². The fraction of sp³-hybridized carbons (Fsp3) is 0. The largest absolute Gasteiger partial charge is 0.456 e. The van der Waals surface area contributed by atoms with Crippen molar-refractivity contribution < 1.29 is 22.2 Å². The van der Waals surface area contributed by atoms with Crippen LogP contribution in [0.2, 0.25) is 0 Å². The van der Waals surface area contributed by atoms with Crippen LogP contribution in [0.3, 0.4) is 0 Å². The zero-order valence-corrected chi connectivity index (χ0v) is 26.9. The summed E-state index contributed by atoms with van der Waals surface area (Å²) in [5, 5.41) is 4.21. The number of rotatable bonds is 5. The van der Waals surface area contributed by atoms with Gasteiger partial charge in [-0.25, -0.2) is 0 Å². The molecule has 0 unspecified atom stereocenters. The van der Waals surface area contributed by atoms with Crippen molar-refractivity contribution in [2.24, 2.45) is 0 Å². The van der Waals surface area contributed by atoms with Crippen LogP contribution < -0.4 is 0 Å². The summed E-state index contributed by atoms with van der Waals surface area (Å²) in [4.78, 5) is 0. The molecular weight excluding hydrogens is 617 g/mol. The van der Waals surface area contributed by atoms with Gasteiger partial charge < -0.3 is 4.42 Å². The van der Waals surface area contributed by atoms with Gasteiger partial charge in [0.05, 0.1) is 17.8 Å². The van der Waals surface area contributed by atoms with Crippen LogP contribution in [0.15, 0.2) is 198 Å². The Morgan fingerprint density at radius 3 is 1.67 bits per heavy atom. The topological polar surface area (TPSA) is 13.1 Å². The third-order valence-electron chi connectivity index (χ3n) is 9.36. The molecular formula is C50H32O. The van der Waals surface area contributed by atoms with Crippen molar-refractivity contribution in [2.75, 3.05) is 0 Å². The lowest BCUT2D eigenvalue weighted by Gasteiger charge is -2.19. The maximum absolute atomic E-state index is 10.0. The van der Waals surface area contributed by atoms with Gasteiger partial charge in [-0.3, -0.25) is 0 Å². The Morgan fingerprint density at radius 2 is 0.980 bits per heavy atom. The van der Waals surface area contributed by atoms with Crippen LogP contribution in [0.5, 0.6) is 0 Å². The second-order valence-electron chi connectivity index (χ2n) is 12.2. The first kappa shape index (κ1) is 18.9. The van der Waals surface area contributed by atoms with Crippen molar-refractivity contribution in [1.29, 1.82) is 0 Å². The van der Waals surface area contributed by atoms with E-state index in [-0.39, 0.29) is 52.0 Å². The van der Waals surface area contributed by atoms with E-state index in [1.807, 2.05) is 66.7 Å². The van der Waals surface area contributed by atoms with Gasteiger partial charge in [0.15, 0.2) is 0 Å². The average molecular weight is 662 g/mol. The molecule has 9 aromatic carbocycles. The predicted octanol–water partition coefficient (Wildman–Crippen LogP) is 14.2. The Hall–Kier alpha value is -6.70. The smallest absolute Gasteiger partial charge is 0.136 e. The average Bonchev–Trinajstić information content (AvgIpc) is 3.69. The number of fused-ring (bicyclic) bond motifs is 5. The van der Waals surface area contributed by atoms with E-state index in [1.54, 1.807) is 48.5 Å². The summed E-state index contributed by atoms with van der Waals surface area (Å²) in [6.45, 7) is 0. The van der Waals surface area contributed by atoms with Crippen LogP contribution in [-0.2, 0) is 0 Å². The second kappa shape index (κ2) is 12.0. The van der Waals surface area contributed by atoms with Crippen molar-refractivity contribution in [3.8, 4) is 55.6 Å². The van der Waals surface area contributed by atoms with Crippen LogP contribution >= 0.6 is 0 Å². The van der Waals surface area contributed by atoms with E-state index < -0.39 is 54.4 Å². The summed E-state index contributed by atoms with van der Waals surface area (Å²) in [6, 6.07) is 29.2. The van der Waals surface area contributed by atoms with E-state index >= 15 is 0 Å². The lowest BCUT2D eigenvalue weighted by Crippen LogP contribution is -1.93. The highest BCUT2D eigenvalue weighted by atomic mass is 16.3. The van der Waals surface area contributed by atoms with Crippen LogP contribution in [0, 0.1) is 0 Å². The lowest BCUT2D eigenvalue weighted by molar-refractivity contribution is 0.669. The standard InChI is InChI=1S/C50H32O/c1-4-15-33(16-5-1)36-28-30-46-45(31-36)50-43(25-14-26-47(50)51-46)49-41-23-12-10-21-39(41)48(40-22-11-13-24-42(40)49)37-27-29-38(34-17-6-2-7-18-34)44(32-37)35-19-8-3-9-20-35/h1-32H/i1D,2D,4D,5D,6D,7D,15D,16D,17D,18D,27D,29D,32D. The second-order valence-corrected chi connectivity index (χ2v) is 12.2. The van der Waals surface area contributed by atoms with Gasteiger partial charge in [-0.2, -0.15) is 0 Å². The SMILES string of the molecule is [2H]c1c([2H])c([2H])c(-c2ccc3oc4cccc(-c5c6ccccc6c(-c6c([2H])c([2H])c(-c7c([2H])c([2H])c([2H])c([2H])c7[2H])c(-c7ccccc7)c6[2H])c6ccccc56)c4c3c2)c([2H])c1[2H]. The molecule has 1 heterocycles. The van der Waals surface area contributed by atoms with Gasteiger partial charge in [-0.1, -0.05) is 170 Å². The first-order valence-corrected chi connectivity index (χ1v) is 16.5. The molecule has 1 nitrogen and oxygen atoms in total. The molecule has 0 aliphatic carbocycles. The maximum atomic E-state index is 10.0. The fourth-order valence-corrected chi connectivity index (χ4v) is 7.19. The molecule has 10 rings (SSSR count). The summed E-state index contributed by atoms with van der Waals surface area (Å²) >= 11 is 0. The van der Waals surface area contributed by atoms with Crippen molar-refractivity contribution in [2.45, 2.75) is 0 Å². The fourth-order valence-electron chi connectivity index (χ4n) is 7.19. The molecule has 0 N–H and O–H groups in total.